The molecule has 0 fully saturated rings. The highest BCUT2D eigenvalue weighted by molar-refractivity contribution is 8.04. The van der Waals surface area contributed by atoms with Crippen molar-refractivity contribution in [2.24, 2.45) is 5.73 Å². The van der Waals surface area contributed by atoms with E-state index < -0.39 is 24.3 Å². The molecule has 2 aromatic rings. The van der Waals surface area contributed by atoms with Crippen LogP contribution in [0.4, 0.5) is 38.0 Å². The Bertz CT molecular complexity index is 1100. The number of fused-ring (bicyclic) bond motifs is 1. The second kappa shape index (κ2) is 13.2. The number of hydrogen-bond donors (Lipinski definition) is 5. The number of nitriles is 1. The number of nitrogens with one attached hydrogen (secondary N) is 2. The third-order valence-corrected chi connectivity index (χ3v) is 4.60. The number of benzene rings is 1. The number of anilines is 2. The largest absolute Gasteiger partial charge is 0.490 e. The first-order chi connectivity index (χ1) is 16.7. The van der Waals surface area contributed by atoms with E-state index in [-0.39, 0.29) is 0 Å². The second-order valence-electron chi connectivity index (χ2n) is 6.13. The number of para-hydroxylation sites is 1. The van der Waals surface area contributed by atoms with Gasteiger partial charge in [0.25, 0.3) is 0 Å². The van der Waals surface area contributed by atoms with Gasteiger partial charge in [0.1, 0.15) is 11.6 Å². The van der Waals surface area contributed by atoms with Gasteiger partial charge in [0.15, 0.2) is 0 Å². The fraction of sp³-hybridized carbons (Fsp3) is 0.211. The van der Waals surface area contributed by atoms with Crippen LogP contribution in [0.25, 0.3) is 5.57 Å². The Kier molecular flexibility index (Phi) is 11.0. The molecule has 1 aliphatic heterocycles. The molecule has 0 saturated carbocycles. The van der Waals surface area contributed by atoms with Crippen LogP contribution < -0.4 is 16.4 Å². The summed E-state index contributed by atoms with van der Waals surface area (Å²) in [5, 5.41) is 30.8. The molecule has 0 unspecified atom stereocenters. The molecule has 2 heterocycles. The van der Waals surface area contributed by atoms with E-state index in [0.29, 0.717) is 30.3 Å². The number of halogens is 6. The molecule has 3 rings (SSSR count). The highest BCUT2D eigenvalue weighted by atomic mass is 32.2. The Labute approximate surface area is 202 Å². The van der Waals surface area contributed by atoms with E-state index in [1.54, 1.807) is 12.3 Å². The SMILES string of the molecule is N#C/C(=C1/Nc2ccccc2S1)c1ccnc(NCCN)n1.O=C(O)C(F)(F)F.O=C(O)C(F)(F)F. The lowest BCUT2D eigenvalue weighted by molar-refractivity contribution is -0.193. The van der Waals surface area contributed by atoms with Crippen molar-refractivity contribution in [1.29, 1.82) is 5.26 Å². The second-order valence-corrected chi connectivity index (χ2v) is 7.18. The Hall–Kier alpha value is -4.04. The number of thioether (sulfide) groups is 1. The third-order valence-electron chi connectivity index (χ3n) is 3.51. The van der Waals surface area contributed by atoms with Crippen LogP contribution in [0, 0.1) is 11.3 Å². The van der Waals surface area contributed by atoms with E-state index in [0.717, 1.165) is 15.6 Å². The Morgan fingerprint density at radius 2 is 1.64 bits per heavy atom. The number of nitrogens with two attached hydrogens (primary N) is 1. The molecule has 0 saturated heterocycles. The number of aliphatic carboxylic acids is 2. The third kappa shape index (κ3) is 9.68. The Morgan fingerprint density at radius 1 is 1.08 bits per heavy atom. The van der Waals surface area contributed by atoms with Gasteiger partial charge in [0, 0.05) is 24.2 Å². The number of rotatable bonds is 4. The topological polar surface area (TPSA) is 174 Å². The number of carboxylic acids is 2. The first kappa shape index (κ1) is 30.0. The van der Waals surface area contributed by atoms with Crippen LogP contribution in [0.1, 0.15) is 5.69 Å². The van der Waals surface area contributed by atoms with Crippen LogP contribution in [0.3, 0.4) is 0 Å². The standard InChI is InChI=1S/C15H14N6S.2C2HF3O2/c16-6-8-19-15-18-7-5-11(21-15)10(9-17)14-20-12-3-1-2-4-13(12)22-14;2*3-2(4,5)1(6)7/h1-5,7,20H,6,8,16H2,(H,18,19,21);2*(H,6,7)/b14-10+;;. The molecule has 194 valence electrons. The number of allylic oxidation sites excluding steroid dienone is 1. The summed E-state index contributed by atoms with van der Waals surface area (Å²) >= 11 is 1.53. The molecule has 0 aliphatic carbocycles. The number of carbonyl (C=O) groups is 2. The predicted octanol–water partition coefficient (Wildman–Crippen LogP) is 3.52. The molecule has 1 aromatic heterocycles. The summed E-state index contributed by atoms with van der Waals surface area (Å²) in [4.78, 5) is 27.4. The van der Waals surface area contributed by atoms with Crippen LogP contribution in [-0.2, 0) is 9.59 Å². The summed E-state index contributed by atoms with van der Waals surface area (Å²) in [7, 11) is 0. The number of nitrogens with zero attached hydrogens (tertiary/aromatic N) is 3. The summed E-state index contributed by atoms with van der Waals surface area (Å²) in [6.45, 7) is 1.08. The number of alkyl halides is 6. The van der Waals surface area contributed by atoms with Crippen molar-refractivity contribution in [1.82, 2.24) is 9.97 Å². The van der Waals surface area contributed by atoms with Gasteiger partial charge >= 0.3 is 24.3 Å². The van der Waals surface area contributed by atoms with Crippen LogP contribution in [0.2, 0.25) is 0 Å². The summed E-state index contributed by atoms with van der Waals surface area (Å²) in [6, 6.07) is 11.9. The number of aromatic nitrogens is 2. The van der Waals surface area contributed by atoms with E-state index >= 15 is 0 Å². The predicted molar refractivity (Wildman–Crippen MR) is 115 cm³/mol. The molecule has 10 nitrogen and oxygen atoms in total. The molecular weight excluding hydrogens is 522 g/mol. The van der Waals surface area contributed by atoms with Crippen molar-refractivity contribution >= 4 is 40.9 Å². The maximum absolute atomic E-state index is 10.6. The Morgan fingerprint density at radius 3 is 2.11 bits per heavy atom. The van der Waals surface area contributed by atoms with Crippen LogP contribution in [0.5, 0.6) is 0 Å². The fourth-order valence-corrected chi connectivity index (χ4v) is 3.03. The highest BCUT2D eigenvalue weighted by Crippen LogP contribution is 2.43. The molecule has 36 heavy (non-hydrogen) atoms. The molecule has 0 radical (unpaired) electrons. The van der Waals surface area contributed by atoms with Gasteiger partial charge in [0.2, 0.25) is 5.95 Å². The lowest BCUT2D eigenvalue weighted by atomic mass is 10.2. The van der Waals surface area contributed by atoms with Gasteiger partial charge in [-0.2, -0.15) is 31.6 Å². The van der Waals surface area contributed by atoms with E-state index in [9.17, 15) is 31.6 Å². The van der Waals surface area contributed by atoms with Crippen molar-refractivity contribution in [2.75, 3.05) is 23.7 Å². The first-order valence-corrected chi connectivity index (χ1v) is 10.1. The van der Waals surface area contributed by atoms with Gasteiger partial charge in [-0.1, -0.05) is 23.9 Å². The van der Waals surface area contributed by atoms with Gasteiger partial charge < -0.3 is 26.6 Å². The van der Waals surface area contributed by atoms with E-state index in [4.69, 9.17) is 25.5 Å². The average Bonchev–Trinajstić information content (AvgIpc) is 3.22. The molecule has 0 amide bonds. The zero-order valence-electron chi connectivity index (χ0n) is 17.7. The molecule has 0 atom stereocenters. The van der Waals surface area contributed by atoms with Crippen LogP contribution >= 0.6 is 11.8 Å². The maximum Gasteiger partial charge on any atom is 0.490 e. The Balaban J connectivity index is 0.000000383. The van der Waals surface area contributed by atoms with Gasteiger partial charge in [-0.25, -0.2) is 19.6 Å². The molecule has 17 heteroatoms. The zero-order valence-corrected chi connectivity index (χ0v) is 18.5. The van der Waals surface area contributed by atoms with Crippen molar-refractivity contribution in [2.45, 2.75) is 17.2 Å². The van der Waals surface area contributed by atoms with Gasteiger partial charge in [-0.3, -0.25) is 0 Å². The summed E-state index contributed by atoms with van der Waals surface area (Å²) in [5.41, 5.74) is 7.54. The molecule has 0 bridgehead atoms. The summed E-state index contributed by atoms with van der Waals surface area (Å²) < 4.78 is 63.5. The number of carboxylic acid groups (broad SMARTS) is 2. The van der Waals surface area contributed by atoms with Crippen molar-refractivity contribution in [3.8, 4) is 6.07 Å². The van der Waals surface area contributed by atoms with Crippen molar-refractivity contribution < 1.29 is 46.1 Å². The van der Waals surface area contributed by atoms with E-state index in [1.165, 1.54) is 11.8 Å². The fourth-order valence-electron chi connectivity index (χ4n) is 2.02. The molecule has 1 aromatic carbocycles. The van der Waals surface area contributed by atoms with Crippen LogP contribution in [0.15, 0.2) is 46.5 Å². The lowest BCUT2D eigenvalue weighted by Crippen LogP contribution is -2.21. The lowest BCUT2D eigenvalue weighted by Gasteiger charge is -2.06. The minimum Gasteiger partial charge on any atom is -0.475 e. The van der Waals surface area contributed by atoms with E-state index in [1.807, 2.05) is 24.3 Å². The first-order valence-electron chi connectivity index (χ1n) is 9.26. The summed E-state index contributed by atoms with van der Waals surface area (Å²) in [5.74, 6) is -5.04. The van der Waals surface area contributed by atoms with Gasteiger partial charge in [0.05, 0.1) is 16.4 Å². The van der Waals surface area contributed by atoms with Crippen molar-refractivity contribution in [3.05, 3.63) is 47.3 Å². The monoisotopic (exact) mass is 538 g/mol. The average molecular weight is 538 g/mol. The van der Waals surface area contributed by atoms with Gasteiger partial charge in [-0.05, 0) is 18.2 Å². The van der Waals surface area contributed by atoms with E-state index in [2.05, 4.69) is 26.7 Å². The zero-order chi connectivity index (χ0) is 27.5. The van der Waals surface area contributed by atoms with Gasteiger partial charge in [-0.15, -0.1) is 0 Å². The molecule has 1 aliphatic rings. The molecule has 6 N–H and O–H groups in total. The minimum atomic E-state index is -5.08. The quantitative estimate of drug-likeness (QED) is 0.285. The normalized spacial score (nSPS) is 13.4. The molecule has 0 spiro atoms. The number of hydrogen-bond acceptors (Lipinski definition) is 9. The minimum absolute atomic E-state index is 0.469. The van der Waals surface area contributed by atoms with Crippen LogP contribution in [-0.4, -0.2) is 57.6 Å². The smallest absolute Gasteiger partial charge is 0.475 e. The molecular formula is C19H16F6N6O4S. The summed E-state index contributed by atoms with van der Waals surface area (Å²) in [6.07, 6.45) is -8.54. The highest BCUT2D eigenvalue weighted by Gasteiger charge is 2.38. The van der Waals surface area contributed by atoms with Crippen molar-refractivity contribution in [3.63, 3.8) is 0 Å². The maximum atomic E-state index is 10.6.